The number of nitrogens with zero attached hydrogens (tertiary/aromatic N) is 1. The fourth-order valence-corrected chi connectivity index (χ4v) is 3.54. The Morgan fingerprint density at radius 2 is 1.57 bits per heavy atom. The number of esters is 1. The minimum atomic E-state index is -0.740. The molecular weight excluding hydrogens is 477 g/mol. The van der Waals surface area contributed by atoms with Gasteiger partial charge in [0.25, 0.3) is 17.7 Å². The van der Waals surface area contributed by atoms with E-state index in [-0.39, 0.29) is 16.4 Å². The number of imide groups is 1. The van der Waals surface area contributed by atoms with E-state index >= 15 is 0 Å². The Morgan fingerprint density at radius 3 is 2.23 bits per heavy atom. The van der Waals surface area contributed by atoms with Gasteiger partial charge in [-0.25, -0.2) is 14.1 Å². The van der Waals surface area contributed by atoms with Crippen LogP contribution in [0.4, 0.5) is 21.5 Å². The summed E-state index contributed by atoms with van der Waals surface area (Å²) in [6.45, 7) is 0. The van der Waals surface area contributed by atoms with Crippen LogP contribution in [0.5, 0.6) is 0 Å². The maximum Gasteiger partial charge on any atom is 0.337 e. The largest absolute Gasteiger partial charge is 0.465 e. The van der Waals surface area contributed by atoms with Gasteiger partial charge in [0.05, 0.1) is 18.4 Å². The summed E-state index contributed by atoms with van der Waals surface area (Å²) in [4.78, 5) is 50.4. The monoisotopic (exact) mass is 493 g/mol. The molecule has 0 spiro atoms. The molecule has 0 radical (unpaired) electrons. The van der Waals surface area contributed by atoms with Crippen LogP contribution in [0.3, 0.4) is 0 Å². The lowest BCUT2D eigenvalue weighted by molar-refractivity contribution is -0.120. The van der Waals surface area contributed by atoms with E-state index in [2.05, 4.69) is 15.4 Å². The molecule has 8 nitrogen and oxygen atoms in total. The van der Waals surface area contributed by atoms with E-state index < -0.39 is 29.5 Å². The second-order valence-electron chi connectivity index (χ2n) is 7.34. The van der Waals surface area contributed by atoms with E-state index in [1.54, 1.807) is 18.2 Å². The van der Waals surface area contributed by atoms with Crippen molar-refractivity contribution in [2.75, 3.05) is 22.6 Å². The molecule has 3 aromatic carbocycles. The van der Waals surface area contributed by atoms with E-state index in [1.165, 1.54) is 49.6 Å². The van der Waals surface area contributed by atoms with Crippen LogP contribution in [0, 0.1) is 5.82 Å². The minimum absolute atomic E-state index is 0.141. The van der Waals surface area contributed by atoms with Crippen molar-refractivity contribution in [3.8, 4) is 0 Å². The number of halogens is 2. The van der Waals surface area contributed by atoms with E-state index in [4.69, 9.17) is 11.6 Å². The molecule has 0 aliphatic carbocycles. The standard InChI is InChI=1S/C25H17ClFN3O5/c1-35-25(34)15-3-2-4-18(13-15)29-22(31)14-5-9-17(10-6-14)28-21-20(26)23(32)30(24(21)33)19-11-7-16(27)8-12-19/h2-13,28H,1H3,(H,29,31). The van der Waals surface area contributed by atoms with Gasteiger partial charge in [-0.1, -0.05) is 17.7 Å². The van der Waals surface area contributed by atoms with Gasteiger partial charge in [-0.05, 0) is 66.7 Å². The molecule has 0 saturated heterocycles. The zero-order valence-corrected chi connectivity index (χ0v) is 18.9. The molecule has 2 N–H and O–H groups in total. The molecule has 0 saturated carbocycles. The van der Waals surface area contributed by atoms with Crippen molar-refractivity contribution in [1.82, 2.24) is 0 Å². The first kappa shape index (κ1) is 23.7. The van der Waals surface area contributed by atoms with Crippen molar-refractivity contribution in [2.45, 2.75) is 0 Å². The smallest absolute Gasteiger partial charge is 0.337 e. The second-order valence-corrected chi connectivity index (χ2v) is 7.72. The average Bonchev–Trinajstić information content (AvgIpc) is 3.07. The van der Waals surface area contributed by atoms with Crippen LogP contribution < -0.4 is 15.5 Å². The molecule has 1 aliphatic heterocycles. The van der Waals surface area contributed by atoms with Gasteiger partial charge in [-0.3, -0.25) is 14.4 Å². The van der Waals surface area contributed by atoms with Gasteiger partial charge < -0.3 is 15.4 Å². The van der Waals surface area contributed by atoms with Crippen molar-refractivity contribution < 1.29 is 28.3 Å². The zero-order valence-electron chi connectivity index (χ0n) is 18.2. The highest BCUT2D eigenvalue weighted by Crippen LogP contribution is 2.30. The molecule has 10 heteroatoms. The number of amides is 3. The van der Waals surface area contributed by atoms with E-state index in [1.807, 2.05) is 0 Å². The van der Waals surface area contributed by atoms with Crippen LogP contribution in [0.15, 0.2) is 83.5 Å². The van der Waals surface area contributed by atoms with Gasteiger partial charge in [0.1, 0.15) is 16.5 Å². The summed E-state index contributed by atoms with van der Waals surface area (Å²) in [6, 6.07) is 17.2. The number of carbonyl (C=O) groups is 4. The van der Waals surface area contributed by atoms with Crippen LogP contribution in [0.25, 0.3) is 0 Å². The summed E-state index contributed by atoms with van der Waals surface area (Å²) in [5, 5.41) is 5.18. The first-order chi connectivity index (χ1) is 16.8. The Morgan fingerprint density at radius 1 is 0.886 bits per heavy atom. The predicted molar refractivity (Wildman–Crippen MR) is 128 cm³/mol. The molecule has 4 rings (SSSR count). The van der Waals surface area contributed by atoms with Gasteiger partial charge in [0.15, 0.2) is 0 Å². The van der Waals surface area contributed by atoms with Gasteiger partial charge in [0, 0.05) is 16.9 Å². The predicted octanol–water partition coefficient (Wildman–Crippen LogP) is 4.30. The molecular formula is C25H17ClFN3O5. The Bertz CT molecular complexity index is 1370. The summed E-state index contributed by atoms with van der Waals surface area (Å²) in [6.07, 6.45) is 0. The highest BCUT2D eigenvalue weighted by molar-refractivity contribution is 6.53. The number of nitrogens with one attached hydrogen (secondary N) is 2. The molecule has 1 heterocycles. The molecule has 1 aliphatic rings. The zero-order chi connectivity index (χ0) is 25.1. The summed E-state index contributed by atoms with van der Waals surface area (Å²) in [7, 11) is 1.27. The van der Waals surface area contributed by atoms with Crippen LogP contribution in [-0.2, 0) is 14.3 Å². The molecule has 0 atom stereocenters. The van der Waals surface area contributed by atoms with Crippen LogP contribution >= 0.6 is 11.6 Å². The average molecular weight is 494 g/mol. The third kappa shape index (κ3) is 4.90. The summed E-state index contributed by atoms with van der Waals surface area (Å²) in [5.41, 5.74) is 1.45. The molecule has 0 aromatic heterocycles. The minimum Gasteiger partial charge on any atom is -0.465 e. The normalized spacial score (nSPS) is 13.2. The molecule has 176 valence electrons. The van der Waals surface area contributed by atoms with Gasteiger partial charge >= 0.3 is 5.97 Å². The van der Waals surface area contributed by atoms with Gasteiger partial charge in [0.2, 0.25) is 0 Å². The fourth-order valence-electron chi connectivity index (χ4n) is 3.33. The highest BCUT2D eigenvalue weighted by atomic mass is 35.5. The Kier molecular flexibility index (Phi) is 6.61. The number of hydrogen-bond donors (Lipinski definition) is 2. The van der Waals surface area contributed by atoms with E-state index in [0.29, 0.717) is 22.5 Å². The van der Waals surface area contributed by atoms with Gasteiger partial charge in [-0.15, -0.1) is 0 Å². The number of hydrogen-bond acceptors (Lipinski definition) is 6. The lowest BCUT2D eigenvalue weighted by Gasteiger charge is -2.15. The van der Waals surface area contributed by atoms with E-state index in [0.717, 1.165) is 17.0 Å². The van der Waals surface area contributed by atoms with Crippen molar-refractivity contribution in [3.05, 3.63) is 100 Å². The third-order valence-corrected chi connectivity index (χ3v) is 5.42. The number of benzene rings is 3. The Hall–Kier alpha value is -4.50. The van der Waals surface area contributed by atoms with E-state index in [9.17, 15) is 23.6 Å². The molecule has 35 heavy (non-hydrogen) atoms. The van der Waals surface area contributed by atoms with Crippen LogP contribution in [-0.4, -0.2) is 30.8 Å². The summed E-state index contributed by atoms with van der Waals surface area (Å²) >= 11 is 6.10. The molecule has 3 amide bonds. The lowest BCUT2D eigenvalue weighted by Crippen LogP contribution is -2.32. The maximum atomic E-state index is 13.2. The van der Waals surface area contributed by atoms with Crippen molar-refractivity contribution in [1.29, 1.82) is 0 Å². The quantitative estimate of drug-likeness (QED) is 0.392. The topological polar surface area (TPSA) is 105 Å². The van der Waals surface area contributed by atoms with Crippen LogP contribution in [0.1, 0.15) is 20.7 Å². The molecule has 0 fully saturated rings. The number of rotatable bonds is 6. The lowest BCUT2D eigenvalue weighted by atomic mass is 10.1. The summed E-state index contributed by atoms with van der Waals surface area (Å²) in [5.74, 6) is -2.90. The Balaban J connectivity index is 1.46. The summed E-state index contributed by atoms with van der Waals surface area (Å²) < 4.78 is 17.9. The molecule has 0 bridgehead atoms. The highest BCUT2D eigenvalue weighted by Gasteiger charge is 2.38. The second kappa shape index (κ2) is 9.78. The Labute approximate surface area is 203 Å². The number of anilines is 3. The van der Waals surface area contributed by atoms with Crippen molar-refractivity contribution in [3.63, 3.8) is 0 Å². The first-order valence-electron chi connectivity index (χ1n) is 10.2. The SMILES string of the molecule is COC(=O)c1cccc(NC(=O)c2ccc(NC3=C(Cl)C(=O)N(c4ccc(F)cc4)C3=O)cc2)c1. The first-order valence-corrected chi connectivity index (χ1v) is 10.6. The number of carbonyl (C=O) groups excluding carboxylic acids is 4. The third-order valence-electron chi connectivity index (χ3n) is 5.07. The number of ether oxygens (including phenoxy) is 1. The van der Waals surface area contributed by atoms with Crippen LogP contribution in [0.2, 0.25) is 0 Å². The molecule has 0 unspecified atom stereocenters. The number of methoxy groups -OCH3 is 1. The van der Waals surface area contributed by atoms with Crippen molar-refractivity contribution in [2.24, 2.45) is 0 Å². The van der Waals surface area contributed by atoms with Gasteiger partial charge in [-0.2, -0.15) is 0 Å². The molecule has 3 aromatic rings. The maximum absolute atomic E-state index is 13.2. The fraction of sp³-hybridized carbons (Fsp3) is 0.0400. The van der Waals surface area contributed by atoms with Crippen molar-refractivity contribution >= 4 is 52.4 Å².